The van der Waals surface area contributed by atoms with Crippen LogP contribution in [0, 0.1) is 12.4 Å². The maximum absolute atomic E-state index is 16.7. The van der Waals surface area contributed by atoms with Gasteiger partial charge in [0.25, 0.3) is 5.91 Å². The average Bonchev–Trinajstić information content (AvgIpc) is 3.55. The zero-order valence-corrected chi connectivity index (χ0v) is 24.9. The molecule has 2 saturated heterocycles. The van der Waals surface area contributed by atoms with E-state index in [0.29, 0.717) is 24.4 Å². The molecule has 0 radical (unpaired) electrons. The number of nitrogens with zero attached hydrogens (tertiary/aromatic N) is 7. The number of pyridine rings is 1. The second-order valence-corrected chi connectivity index (χ2v) is 12.6. The van der Waals surface area contributed by atoms with E-state index in [1.807, 2.05) is 17.0 Å². The van der Waals surface area contributed by atoms with Gasteiger partial charge in [-0.05, 0) is 68.7 Å². The van der Waals surface area contributed by atoms with Gasteiger partial charge in [0.05, 0.1) is 5.39 Å². The zero-order valence-electron chi connectivity index (χ0n) is 24.9. The second kappa shape index (κ2) is 11.1. The van der Waals surface area contributed by atoms with Crippen molar-refractivity contribution >= 4 is 22.6 Å². The van der Waals surface area contributed by atoms with E-state index in [1.54, 1.807) is 6.20 Å². The molecule has 7 rings (SSSR count). The number of ether oxygens (including phenoxy) is 1. The van der Waals surface area contributed by atoms with Gasteiger partial charge in [-0.25, -0.2) is 15.4 Å². The summed E-state index contributed by atoms with van der Waals surface area (Å²) < 4.78 is 36.6. The first-order chi connectivity index (χ1) is 21.3. The van der Waals surface area contributed by atoms with Crippen LogP contribution in [-0.4, -0.2) is 89.1 Å². The third-order valence-electron chi connectivity index (χ3n) is 9.96. The molecule has 1 saturated carbocycles. The topological polar surface area (TPSA) is 79.1 Å². The number of carbonyl (C=O) groups excluding carboxylic acids is 1. The number of aryl methyl sites for hydroxylation is 1. The van der Waals surface area contributed by atoms with E-state index in [2.05, 4.69) is 39.4 Å². The lowest BCUT2D eigenvalue weighted by Gasteiger charge is -2.39. The third kappa shape index (κ3) is 4.85. The summed E-state index contributed by atoms with van der Waals surface area (Å²) >= 11 is 0. The van der Waals surface area contributed by atoms with Crippen LogP contribution in [0.4, 0.5) is 14.6 Å². The Morgan fingerprint density at radius 1 is 1.20 bits per heavy atom. The fourth-order valence-electron chi connectivity index (χ4n) is 7.39. The van der Waals surface area contributed by atoms with Gasteiger partial charge in [0.1, 0.15) is 29.7 Å². The van der Waals surface area contributed by atoms with Crippen molar-refractivity contribution in [2.75, 3.05) is 51.3 Å². The van der Waals surface area contributed by atoms with Gasteiger partial charge in [0.2, 0.25) is 6.54 Å². The molecule has 0 unspecified atom stereocenters. The highest BCUT2D eigenvalue weighted by molar-refractivity contribution is 5.93. The van der Waals surface area contributed by atoms with Crippen LogP contribution in [0.1, 0.15) is 43.2 Å². The van der Waals surface area contributed by atoms with Gasteiger partial charge in [0.15, 0.2) is 11.6 Å². The van der Waals surface area contributed by atoms with Crippen LogP contribution in [-0.2, 0) is 16.6 Å². The molecule has 2 aliphatic heterocycles. The van der Waals surface area contributed by atoms with Crippen molar-refractivity contribution in [3.8, 4) is 17.3 Å². The first kappa shape index (κ1) is 28.6. The molecule has 44 heavy (non-hydrogen) atoms. The fraction of sp³-hybridized carbons (Fsp3) is 0.485. The van der Waals surface area contributed by atoms with Crippen LogP contribution in [0.2, 0.25) is 0 Å². The molecule has 3 fully saturated rings. The number of amides is 1. The molecule has 1 amide bonds. The summed E-state index contributed by atoms with van der Waals surface area (Å²) in [6, 6.07) is 5.76. The normalized spacial score (nSPS) is 22.3. The Bertz CT molecular complexity index is 1700. The standard InChI is InChI=1S/C33H35F2N7O2/c1-20(34)31(43)42-15-14-41(18-23(42)16-36-2)30-25-17-37-28(24-8-4-6-21-9-10-33(11-12-33)26(21)24)27(35)29(25)38-32(39-30)44-19-22-7-5-13-40(22)3/h4,6,8,17,22-23H,1,5,7,9-16,18-19H2,3H3/t22-,23-/m0/s1. The number of carbonyl (C=O) groups is 1. The second-order valence-electron chi connectivity index (χ2n) is 12.6. The molecule has 1 aromatic carbocycles. The maximum Gasteiger partial charge on any atom is 0.319 e. The fourth-order valence-corrected chi connectivity index (χ4v) is 7.39. The van der Waals surface area contributed by atoms with Crippen molar-refractivity contribution in [2.24, 2.45) is 0 Å². The first-order valence-corrected chi connectivity index (χ1v) is 15.4. The molecular weight excluding hydrogens is 564 g/mol. The van der Waals surface area contributed by atoms with Gasteiger partial charge >= 0.3 is 6.01 Å². The highest BCUT2D eigenvalue weighted by Crippen LogP contribution is 2.59. The predicted octanol–water partition coefficient (Wildman–Crippen LogP) is 4.70. The molecule has 0 bridgehead atoms. The Morgan fingerprint density at radius 2 is 2.05 bits per heavy atom. The van der Waals surface area contributed by atoms with Crippen molar-refractivity contribution in [3.63, 3.8) is 0 Å². The smallest absolute Gasteiger partial charge is 0.319 e. The van der Waals surface area contributed by atoms with Crippen molar-refractivity contribution in [1.29, 1.82) is 0 Å². The van der Waals surface area contributed by atoms with Crippen LogP contribution in [0.3, 0.4) is 0 Å². The molecule has 2 aliphatic carbocycles. The van der Waals surface area contributed by atoms with Crippen LogP contribution in [0.5, 0.6) is 6.01 Å². The number of aromatic nitrogens is 3. The summed E-state index contributed by atoms with van der Waals surface area (Å²) in [6.45, 7) is 12.6. The molecule has 1 spiro atoms. The van der Waals surface area contributed by atoms with E-state index in [1.165, 1.54) is 16.0 Å². The Kier molecular flexibility index (Phi) is 7.20. The van der Waals surface area contributed by atoms with Gasteiger partial charge < -0.3 is 24.3 Å². The van der Waals surface area contributed by atoms with E-state index in [9.17, 15) is 9.18 Å². The molecule has 3 aromatic rings. The minimum Gasteiger partial charge on any atom is -0.462 e. The average molecular weight is 600 g/mol. The number of rotatable bonds is 7. The summed E-state index contributed by atoms with van der Waals surface area (Å²) in [5.41, 5.74) is 3.83. The Hall–Kier alpha value is -4.17. The minimum absolute atomic E-state index is 0.0203. The summed E-state index contributed by atoms with van der Waals surface area (Å²) in [4.78, 5) is 35.5. The van der Waals surface area contributed by atoms with E-state index in [-0.39, 0.29) is 48.3 Å². The Balaban J connectivity index is 1.30. The first-order valence-electron chi connectivity index (χ1n) is 15.4. The van der Waals surface area contributed by atoms with Crippen molar-refractivity contribution < 1.29 is 18.3 Å². The van der Waals surface area contributed by atoms with Crippen LogP contribution in [0.25, 0.3) is 27.0 Å². The number of fused-ring (bicyclic) bond motifs is 3. The Morgan fingerprint density at radius 3 is 2.77 bits per heavy atom. The molecular formula is C33H35F2N7O2. The minimum atomic E-state index is -1.06. The van der Waals surface area contributed by atoms with Crippen LogP contribution < -0.4 is 9.64 Å². The van der Waals surface area contributed by atoms with Crippen molar-refractivity contribution in [1.82, 2.24) is 24.8 Å². The highest BCUT2D eigenvalue weighted by Gasteiger charge is 2.50. The number of benzene rings is 1. The van der Waals surface area contributed by atoms with Gasteiger partial charge in [-0.3, -0.25) is 9.78 Å². The lowest BCUT2D eigenvalue weighted by atomic mass is 9.91. The van der Waals surface area contributed by atoms with Crippen LogP contribution in [0.15, 0.2) is 36.8 Å². The summed E-state index contributed by atoms with van der Waals surface area (Å²) in [7, 11) is 2.06. The van der Waals surface area contributed by atoms with E-state index < -0.39 is 23.6 Å². The van der Waals surface area contributed by atoms with Crippen molar-refractivity contribution in [3.05, 3.63) is 65.2 Å². The number of anilines is 1. The number of likely N-dealkylation sites (N-methyl/N-ethyl adjacent to an activating group) is 1. The largest absolute Gasteiger partial charge is 0.462 e. The van der Waals surface area contributed by atoms with E-state index >= 15 is 4.39 Å². The zero-order chi connectivity index (χ0) is 30.6. The number of halogens is 2. The maximum atomic E-state index is 16.7. The van der Waals surface area contributed by atoms with E-state index in [4.69, 9.17) is 16.3 Å². The quantitative estimate of drug-likeness (QED) is 0.288. The summed E-state index contributed by atoms with van der Waals surface area (Å²) in [5.74, 6) is -1.99. The third-order valence-corrected chi connectivity index (χ3v) is 9.96. The van der Waals surface area contributed by atoms with Gasteiger partial charge in [-0.2, -0.15) is 9.97 Å². The van der Waals surface area contributed by atoms with Gasteiger partial charge in [0, 0.05) is 37.4 Å². The molecule has 2 aromatic heterocycles. The molecule has 11 heteroatoms. The number of likely N-dealkylation sites (tertiary alicyclic amines) is 1. The predicted molar refractivity (Wildman–Crippen MR) is 163 cm³/mol. The molecule has 2 atom stereocenters. The SMILES string of the molecule is [C-]#[N+]C[C@H]1CN(c2nc(OC[C@@H]3CCCN3C)nc3c(F)c(-c4cccc5c4C4(CC5)CC4)ncc23)CCN1C(=O)C(=C)F. The lowest BCUT2D eigenvalue weighted by Crippen LogP contribution is -2.56. The number of hydrogen-bond donors (Lipinski definition) is 0. The summed E-state index contributed by atoms with van der Waals surface area (Å²) in [5, 5.41) is 0.418. The number of hydrogen-bond acceptors (Lipinski definition) is 7. The molecule has 4 aliphatic rings. The van der Waals surface area contributed by atoms with Crippen LogP contribution >= 0.6 is 0 Å². The molecule has 9 nitrogen and oxygen atoms in total. The lowest BCUT2D eigenvalue weighted by molar-refractivity contribution is -0.131. The molecule has 228 valence electrons. The van der Waals surface area contributed by atoms with E-state index in [0.717, 1.165) is 50.6 Å². The van der Waals surface area contributed by atoms with Gasteiger partial charge in [-0.1, -0.05) is 24.8 Å². The summed E-state index contributed by atoms with van der Waals surface area (Å²) in [6.07, 6.45) is 8.01. The molecule has 4 heterocycles. The molecule has 0 N–H and O–H groups in total. The van der Waals surface area contributed by atoms with Gasteiger partial charge in [-0.15, -0.1) is 0 Å². The highest BCUT2D eigenvalue weighted by atomic mass is 19.1. The Labute approximate surface area is 255 Å². The number of piperazine rings is 1. The van der Waals surface area contributed by atoms with Crippen molar-refractivity contribution in [2.45, 2.75) is 56.0 Å². The monoisotopic (exact) mass is 599 g/mol.